The summed E-state index contributed by atoms with van der Waals surface area (Å²) in [5, 5.41) is 2.00. The van der Waals surface area contributed by atoms with E-state index in [2.05, 4.69) is 15.8 Å². The monoisotopic (exact) mass is 383 g/mol. The highest BCUT2D eigenvalue weighted by molar-refractivity contribution is 8.00. The molecule has 3 aromatic rings. The number of carbonyl (C=O) groups excluding carboxylic acids is 2. The van der Waals surface area contributed by atoms with Gasteiger partial charge in [-0.05, 0) is 30.7 Å². The van der Waals surface area contributed by atoms with Crippen molar-refractivity contribution in [3.8, 4) is 0 Å². The number of aromatic nitrogens is 1. The smallest absolute Gasteiger partial charge is 0.267 e. The molecule has 0 spiro atoms. The van der Waals surface area contributed by atoms with E-state index in [-0.39, 0.29) is 11.8 Å². The number of hydrogen-bond acceptors (Lipinski definition) is 5. The number of aryl methyl sites for hydroxylation is 1. The highest BCUT2D eigenvalue weighted by Gasteiger charge is 2.13. The van der Waals surface area contributed by atoms with Gasteiger partial charge in [-0.3, -0.25) is 20.4 Å². The Morgan fingerprint density at radius 2 is 1.69 bits per heavy atom. The van der Waals surface area contributed by atoms with Gasteiger partial charge in [0.1, 0.15) is 4.34 Å². The maximum atomic E-state index is 12.5. The first kappa shape index (κ1) is 18.2. The summed E-state index contributed by atoms with van der Waals surface area (Å²) in [6.45, 7) is 1.96. The van der Waals surface area contributed by atoms with Crippen molar-refractivity contribution in [1.29, 1.82) is 0 Å². The van der Waals surface area contributed by atoms with Gasteiger partial charge in [0.15, 0.2) is 0 Å². The molecular weight excluding hydrogens is 366 g/mol. The molecule has 2 N–H and O–H groups in total. The summed E-state index contributed by atoms with van der Waals surface area (Å²) in [6, 6.07) is 16.1. The molecule has 0 saturated carbocycles. The van der Waals surface area contributed by atoms with Crippen LogP contribution in [0.4, 0.5) is 0 Å². The van der Waals surface area contributed by atoms with Crippen LogP contribution in [0.25, 0.3) is 0 Å². The van der Waals surface area contributed by atoms with E-state index in [0.717, 1.165) is 15.6 Å². The van der Waals surface area contributed by atoms with Crippen molar-refractivity contribution in [2.75, 3.05) is 0 Å². The Kier molecular flexibility index (Phi) is 6.04. The third kappa shape index (κ3) is 4.71. The van der Waals surface area contributed by atoms with Gasteiger partial charge in [0, 0.05) is 28.0 Å². The zero-order valence-corrected chi connectivity index (χ0v) is 15.7. The van der Waals surface area contributed by atoms with Crippen molar-refractivity contribution >= 4 is 34.9 Å². The first-order valence-corrected chi connectivity index (χ1v) is 9.78. The van der Waals surface area contributed by atoms with Gasteiger partial charge in [0.25, 0.3) is 11.8 Å². The molecule has 2 aromatic carbocycles. The zero-order valence-electron chi connectivity index (χ0n) is 14.1. The number of nitrogens with one attached hydrogen (secondary N) is 2. The number of thioether (sulfide) groups is 1. The normalized spacial score (nSPS) is 10.3. The molecule has 1 aromatic heterocycles. The van der Waals surface area contributed by atoms with Gasteiger partial charge < -0.3 is 0 Å². The van der Waals surface area contributed by atoms with E-state index in [1.54, 1.807) is 59.5 Å². The molecule has 5 nitrogen and oxygen atoms in total. The number of rotatable bonds is 5. The Labute approximate surface area is 159 Å². The standard InChI is InChI=1S/C19H17N3O2S2/c1-13-11-25-19(20-13)26-12-15-9-5-6-10-16(15)18(24)22-21-17(23)14-7-3-2-4-8-14/h2-11H,12H2,1H3,(H,21,23)(H,22,24). The largest absolute Gasteiger partial charge is 0.270 e. The number of amides is 2. The minimum atomic E-state index is -0.357. The average molecular weight is 383 g/mol. The molecule has 0 fully saturated rings. The van der Waals surface area contributed by atoms with Crippen LogP contribution in [0.1, 0.15) is 32.0 Å². The molecule has 1 heterocycles. The van der Waals surface area contributed by atoms with Crippen LogP contribution in [0.2, 0.25) is 0 Å². The lowest BCUT2D eigenvalue weighted by Gasteiger charge is -2.10. The average Bonchev–Trinajstić information content (AvgIpc) is 3.10. The van der Waals surface area contributed by atoms with Gasteiger partial charge in [-0.1, -0.05) is 48.2 Å². The van der Waals surface area contributed by atoms with E-state index in [1.165, 1.54) is 0 Å². The second-order valence-corrected chi connectivity index (χ2v) is 7.56. The highest BCUT2D eigenvalue weighted by atomic mass is 32.2. The number of hydrazine groups is 1. The van der Waals surface area contributed by atoms with Crippen LogP contribution in [0.15, 0.2) is 64.3 Å². The van der Waals surface area contributed by atoms with Gasteiger partial charge in [-0.15, -0.1) is 11.3 Å². The van der Waals surface area contributed by atoms with E-state index in [9.17, 15) is 9.59 Å². The molecule has 0 aliphatic carbocycles. The van der Waals surface area contributed by atoms with Crippen LogP contribution in [0, 0.1) is 6.92 Å². The summed E-state index contributed by atoms with van der Waals surface area (Å²) in [6.07, 6.45) is 0. The molecule has 0 atom stereocenters. The van der Waals surface area contributed by atoms with E-state index in [1.807, 2.05) is 30.5 Å². The molecule has 0 radical (unpaired) electrons. The van der Waals surface area contributed by atoms with Crippen molar-refractivity contribution in [1.82, 2.24) is 15.8 Å². The Bertz CT molecular complexity index is 910. The molecule has 7 heteroatoms. The zero-order chi connectivity index (χ0) is 18.4. The number of hydrogen-bond donors (Lipinski definition) is 2. The van der Waals surface area contributed by atoms with E-state index in [0.29, 0.717) is 16.9 Å². The Hall–Kier alpha value is -2.64. The van der Waals surface area contributed by atoms with Crippen molar-refractivity contribution in [3.05, 3.63) is 82.4 Å². The number of thiazole rings is 1. The second kappa shape index (κ2) is 8.64. The number of benzene rings is 2. The van der Waals surface area contributed by atoms with Crippen molar-refractivity contribution in [2.24, 2.45) is 0 Å². The van der Waals surface area contributed by atoms with Crippen molar-refractivity contribution < 1.29 is 9.59 Å². The summed E-state index contributed by atoms with van der Waals surface area (Å²) in [5.41, 5.74) is 7.82. The molecule has 0 bridgehead atoms. The van der Waals surface area contributed by atoms with E-state index >= 15 is 0 Å². The summed E-state index contributed by atoms with van der Waals surface area (Å²) in [4.78, 5) is 28.9. The van der Waals surface area contributed by atoms with E-state index in [4.69, 9.17) is 0 Å². The van der Waals surface area contributed by atoms with E-state index < -0.39 is 0 Å². The number of carbonyl (C=O) groups is 2. The molecular formula is C19H17N3O2S2. The summed E-state index contributed by atoms with van der Waals surface area (Å²) < 4.78 is 0.968. The topological polar surface area (TPSA) is 71.1 Å². The molecule has 0 unspecified atom stereocenters. The lowest BCUT2D eigenvalue weighted by molar-refractivity contribution is 0.0846. The van der Waals surface area contributed by atoms with Crippen LogP contribution >= 0.6 is 23.1 Å². The fraction of sp³-hybridized carbons (Fsp3) is 0.105. The summed E-state index contributed by atoms with van der Waals surface area (Å²) >= 11 is 3.18. The van der Waals surface area contributed by atoms with Gasteiger partial charge in [0.05, 0.1) is 0 Å². The van der Waals surface area contributed by atoms with Gasteiger partial charge in [0.2, 0.25) is 0 Å². The Morgan fingerprint density at radius 1 is 1.00 bits per heavy atom. The van der Waals surface area contributed by atoms with Crippen LogP contribution in [-0.2, 0) is 5.75 Å². The first-order chi connectivity index (χ1) is 12.6. The quantitative estimate of drug-likeness (QED) is 0.519. The summed E-state index contributed by atoms with van der Waals surface area (Å²) in [5.74, 6) is -0.0757. The predicted molar refractivity (Wildman–Crippen MR) is 104 cm³/mol. The molecule has 26 heavy (non-hydrogen) atoms. The second-order valence-electron chi connectivity index (χ2n) is 5.47. The fourth-order valence-electron chi connectivity index (χ4n) is 2.25. The molecule has 0 aliphatic heterocycles. The first-order valence-electron chi connectivity index (χ1n) is 7.92. The van der Waals surface area contributed by atoms with Crippen LogP contribution in [-0.4, -0.2) is 16.8 Å². The lowest BCUT2D eigenvalue weighted by Crippen LogP contribution is -2.41. The molecule has 0 saturated heterocycles. The highest BCUT2D eigenvalue weighted by Crippen LogP contribution is 2.27. The minimum absolute atomic E-state index is 0.346. The maximum absolute atomic E-state index is 12.5. The van der Waals surface area contributed by atoms with Crippen LogP contribution < -0.4 is 10.9 Å². The lowest BCUT2D eigenvalue weighted by atomic mass is 10.1. The third-order valence-corrected chi connectivity index (χ3v) is 5.72. The molecule has 3 rings (SSSR count). The van der Waals surface area contributed by atoms with Crippen molar-refractivity contribution in [2.45, 2.75) is 17.0 Å². The Balaban J connectivity index is 1.63. The van der Waals surface area contributed by atoms with Crippen LogP contribution in [0.5, 0.6) is 0 Å². The van der Waals surface area contributed by atoms with Gasteiger partial charge in [-0.25, -0.2) is 4.98 Å². The minimum Gasteiger partial charge on any atom is -0.267 e. The Morgan fingerprint density at radius 3 is 2.42 bits per heavy atom. The molecule has 0 aliphatic rings. The van der Waals surface area contributed by atoms with Crippen LogP contribution in [0.3, 0.4) is 0 Å². The SMILES string of the molecule is Cc1csc(SCc2ccccc2C(=O)NNC(=O)c2ccccc2)n1. The third-order valence-electron chi connectivity index (χ3n) is 3.54. The predicted octanol–water partition coefficient (Wildman–Crippen LogP) is 3.82. The molecule has 132 valence electrons. The number of nitrogens with zero attached hydrogens (tertiary/aromatic N) is 1. The molecule has 2 amide bonds. The maximum Gasteiger partial charge on any atom is 0.270 e. The fourth-order valence-corrected chi connectivity index (χ4v) is 4.10. The van der Waals surface area contributed by atoms with Gasteiger partial charge in [-0.2, -0.15) is 0 Å². The van der Waals surface area contributed by atoms with Crippen molar-refractivity contribution in [3.63, 3.8) is 0 Å². The van der Waals surface area contributed by atoms with Gasteiger partial charge >= 0.3 is 0 Å². The summed E-state index contributed by atoms with van der Waals surface area (Å²) in [7, 11) is 0.